The van der Waals surface area contributed by atoms with Gasteiger partial charge in [0.05, 0.1) is 12.7 Å². The van der Waals surface area contributed by atoms with Crippen LogP contribution < -0.4 is 5.73 Å². The van der Waals surface area contributed by atoms with E-state index < -0.39 is 11.7 Å². The Kier molecular flexibility index (Phi) is 5.28. The van der Waals surface area contributed by atoms with Crippen molar-refractivity contribution in [2.45, 2.75) is 12.5 Å². The highest BCUT2D eigenvalue weighted by Gasteiger charge is 2.30. The average molecular weight is 341 g/mol. The van der Waals surface area contributed by atoms with Gasteiger partial charge in [-0.1, -0.05) is 15.9 Å². The van der Waals surface area contributed by atoms with Crippen LogP contribution in [0.5, 0.6) is 0 Å². The monoisotopic (exact) mass is 340 g/mol. The summed E-state index contributed by atoms with van der Waals surface area (Å²) in [4.78, 5) is 25.8. The quantitative estimate of drug-likeness (QED) is 0.645. The zero-order chi connectivity index (χ0) is 14.5. The molecule has 1 atom stereocenters. The predicted octanol–water partition coefficient (Wildman–Crippen LogP) is 1.21. The highest BCUT2D eigenvalue weighted by molar-refractivity contribution is 9.10. The van der Waals surface area contributed by atoms with E-state index >= 15 is 0 Å². The van der Waals surface area contributed by atoms with Gasteiger partial charge >= 0.3 is 0 Å². The van der Waals surface area contributed by atoms with Gasteiger partial charge in [0.1, 0.15) is 0 Å². The van der Waals surface area contributed by atoms with Crippen molar-refractivity contribution < 1.29 is 14.3 Å². The fourth-order valence-electron chi connectivity index (χ4n) is 2.15. The van der Waals surface area contributed by atoms with Crippen LogP contribution in [0.1, 0.15) is 16.8 Å². The van der Waals surface area contributed by atoms with E-state index in [0.717, 1.165) is 10.9 Å². The number of carbonyl (C=O) groups excluding carboxylic acids is 2. The minimum atomic E-state index is -0.475. The molecule has 20 heavy (non-hydrogen) atoms. The third-order valence-electron chi connectivity index (χ3n) is 3.20. The maximum absolute atomic E-state index is 12.1. The van der Waals surface area contributed by atoms with Gasteiger partial charge in [-0.15, -0.1) is 0 Å². The molecule has 2 N–H and O–H groups in total. The summed E-state index contributed by atoms with van der Waals surface area (Å²) in [6.45, 7) is 1.95. The van der Waals surface area contributed by atoms with E-state index in [1.165, 1.54) is 0 Å². The molecule has 6 heteroatoms. The molecule has 0 aliphatic carbocycles. The topological polar surface area (TPSA) is 72.6 Å². The largest absolute Gasteiger partial charge is 0.375 e. The fraction of sp³-hybridized carbons (Fsp3) is 0.429. The predicted molar refractivity (Wildman–Crippen MR) is 78.5 cm³/mol. The van der Waals surface area contributed by atoms with Crippen LogP contribution in [0.4, 0.5) is 0 Å². The number of hydrogen-bond acceptors (Lipinski definition) is 4. The highest BCUT2D eigenvalue weighted by Crippen LogP contribution is 2.16. The van der Waals surface area contributed by atoms with E-state index in [1.807, 2.05) is 0 Å². The van der Waals surface area contributed by atoms with Crippen molar-refractivity contribution in [3.63, 3.8) is 0 Å². The van der Waals surface area contributed by atoms with Crippen LogP contribution in [0.15, 0.2) is 28.7 Å². The van der Waals surface area contributed by atoms with Crippen LogP contribution in [0.3, 0.4) is 0 Å². The molecule has 0 bridgehead atoms. The number of likely N-dealkylation sites (tertiary alicyclic amines) is 1. The summed E-state index contributed by atoms with van der Waals surface area (Å²) in [5.74, 6) is -0.942. The lowest BCUT2D eigenvalue weighted by atomic mass is 10.1. The van der Waals surface area contributed by atoms with E-state index in [1.54, 1.807) is 29.2 Å². The molecule has 108 valence electrons. The van der Waals surface area contributed by atoms with Crippen molar-refractivity contribution in [1.82, 2.24) is 4.90 Å². The number of ketones is 1. The minimum absolute atomic E-state index is 0.0137. The van der Waals surface area contributed by atoms with Gasteiger partial charge < -0.3 is 15.4 Å². The molecule has 1 aromatic carbocycles. The number of halogens is 1. The van der Waals surface area contributed by atoms with E-state index in [0.29, 0.717) is 31.8 Å². The molecule has 2 rings (SSSR count). The summed E-state index contributed by atoms with van der Waals surface area (Å²) in [5, 5.41) is 0. The minimum Gasteiger partial charge on any atom is -0.375 e. The van der Waals surface area contributed by atoms with Gasteiger partial charge in [-0.3, -0.25) is 9.59 Å². The molecule has 0 aromatic heterocycles. The molecule has 1 heterocycles. The van der Waals surface area contributed by atoms with Crippen molar-refractivity contribution in [2.75, 3.05) is 26.2 Å². The summed E-state index contributed by atoms with van der Waals surface area (Å²) >= 11 is 3.30. The van der Waals surface area contributed by atoms with Crippen LogP contribution in [0.25, 0.3) is 0 Å². The Hall–Kier alpha value is -1.24. The molecular formula is C14H17BrN2O3. The molecule has 1 amide bonds. The van der Waals surface area contributed by atoms with Gasteiger partial charge in [-0.25, -0.2) is 0 Å². The number of nitrogens with zero attached hydrogens (tertiary/aromatic N) is 1. The molecule has 1 saturated heterocycles. The SMILES string of the molecule is NCCOC1CCN(C(=O)C(=O)c2ccc(Br)cc2)C1. The fourth-order valence-corrected chi connectivity index (χ4v) is 2.42. The van der Waals surface area contributed by atoms with Crippen molar-refractivity contribution in [1.29, 1.82) is 0 Å². The normalized spacial score (nSPS) is 18.3. The zero-order valence-electron chi connectivity index (χ0n) is 11.0. The Morgan fingerprint density at radius 1 is 1.35 bits per heavy atom. The summed E-state index contributed by atoms with van der Waals surface area (Å²) in [6, 6.07) is 6.78. The first kappa shape index (κ1) is 15.2. The lowest BCUT2D eigenvalue weighted by Gasteiger charge is -2.15. The molecule has 1 unspecified atom stereocenters. The third-order valence-corrected chi connectivity index (χ3v) is 3.73. The van der Waals surface area contributed by atoms with Crippen molar-refractivity contribution >= 4 is 27.6 Å². The number of benzene rings is 1. The second-order valence-electron chi connectivity index (χ2n) is 4.66. The zero-order valence-corrected chi connectivity index (χ0v) is 12.6. The molecule has 1 aliphatic heterocycles. The molecule has 1 fully saturated rings. The lowest BCUT2D eigenvalue weighted by molar-refractivity contribution is -0.125. The Morgan fingerprint density at radius 2 is 2.05 bits per heavy atom. The van der Waals surface area contributed by atoms with Gasteiger partial charge in [-0.05, 0) is 30.7 Å². The average Bonchev–Trinajstić information content (AvgIpc) is 2.93. The van der Waals surface area contributed by atoms with Gasteiger partial charge in [0.15, 0.2) is 0 Å². The van der Waals surface area contributed by atoms with Gasteiger partial charge in [0, 0.05) is 29.7 Å². The van der Waals surface area contributed by atoms with E-state index in [-0.39, 0.29) is 6.10 Å². The second-order valence-corrected chi connectivity index (χ2v) is 5.57. The van der Waals surface area contributed by atoms with Crippen LogP contribution in [0.2, 0.25) is 0 Å². The first-order valence-corrected chi connectivity index (χ1v) is 7.32. The van der Waals surface area contributed by atoms with E-state index in [2.05, 4.69) is 15.9 Å². The summed E-state index contributed by atoms with van der Waals surface area (Å²) in [5.41, 5.74) is 5.78. The Labute approximate surface area is 126 Å². The van der Waals surface area contributed by atoms with Crippen LogP contribution >= 0.6 is 15.9 Å². The Morgan fingerprint density at radius 3 is 2.70 bits per heavy atom. The van der Waals surface area contributed by atoms with Crippen molar-refractivity contribution in [2.24, 2.45) is 5.73 Å². The van der Waals surface area contributed by atoms with Gasteiger partial charge in [0.25, 0.3) is 5.91 Å². The number of nitrogens with two attached hydrogens (primary N) is 1. The summed E-state index contributed by atoms with van der Waals surface area (Å²) in [7, 11) is 0. The molecule has 0 radical (unpaired) electrons. The first-order valence-electron chi connectivity index (χ1n) is 6.52. The van der Waals surface area contributed by atoms with Crippen LogP contribution in [-0.4, -0.2) is 48.9 Å². The van der Waals surface area contributed by atoms with Gasteiger partial charge in [0.2, 0.25) is 5.78 Å². The summed E-state index contributed by atoms with van der Waals surface area (Å²) in [6.07, 6.45) is 0.736. The highest BCUT2D eigenvalue weighted by atomic mass is 79.9. The third kappa shape index (κ3) is 3.65. The number of hydrogen-bond donors (Lipinski definition) is 1. The van der Waals surface area contributed by atoms with Crippen LogP contribution in [0, 0.1) is 0 Å². The number of rotatable bonds is 5. The Balaban J connectivity index is 1.94. The maximum atomic E-state index is 12.1. The molecule has 0 saturated carbocycles. The second kappa shape index (κ2) is 6.97. The molecule has 5 nitrogen and oxygen atoms in total. The smallest absolute Gasteiger partial charge is 0.295 e. The molecule has 1 aliphatic rings. The van der Waals surface area contributed by atoms with E-state index in [9.17, 15) is 9.59 Å². The number of amides is 1. The standard InChI is InChI=1S/C14H17BrN2O3/c15-11-3-1-10(2-4-11)13(18)14(19)17-7-5-12(9-17)20-8-6-16/h1-4,12H,5-9,16H2. The molecular weight excluding hydrogens is 324 g/mol. The summed E-state index contributed by atoms with van der Waals surface area (Å²) < 4.78 is 6.37. The van der Waals surface area contributed by atoms with E-state index in [4.69, 9.17) is 10.5 Å². The molecule has 0 spiro atoms. The van der Waals surface area contributed by atoms with Crippen molar-refractivity contribution in [3.8, 4) is 0 Å². The van der Waals surface area contributed by atoms with Crippen LogP contribution in [-0.2, 0) is 9.53 Å². The number of Topliss-reactive ketones (excluding diaryl/α,β-unsaturated/α-hetero) is 1. The lowest BCUT2D eigenvalue weighted by Crippen LogP contribution is -2.35. The Bertz CT molecular complexity index is 490. The molecule has 1 aromatic rings. The number of carbonyl (C=O) groups is 2. The first-order chi connectivity index (χ1) is 9.61. The van der Waals surface area contributed by atoms with Crippen molar-refractivity contribution in [3.05, 3.63) is 34.3 Å². The number of ether oxygens (including phenoxy) is 1. The maximum Gasteiger partial charge on any atom is 0.295 e. The van der Waals surface area contributed by atoms with Gasteiger partial charge in [-0.2, -0.15) is 0 Å².